The maximum absolute atomic E-state index is 12.5. The van der Waals surface area contributed by atoms with Gasteiger partial charge in [0.25, 0.3) is 0 Å². The zero-order chi connectivity index (χ0) is 23.1. The molecule has 2 N–H and O–H groups in total. The van der Waals surface area contributed by atoms with Gasteiger partial charge in [-0.3, -0.25) is 4.79 Å². The first kappa shape index (κ1) is 23.5. The predicted octanol–water partition coefficient (Wildman–Crippen LogP) is 4.27. The number of thioether (sulfide) groups is 1. The van der Waals surface area contributed by atoms with Gasteiger partial charge >= 0.3 is 0 Å². The molecule has 0 aliphatic rings. The smallest absolute Gasteiger partial charge is 0.234 e. The van der Waals surface area contributed by atoms with Crippen molar-refractivity contribution in [3.63, 3.8) is 0 Å². The number of nitrogens with zero attached hydrogens (tertiary/aromatic N) is 3. The number of hydrogen-bond donors (Lipinski definition) is 2. The topological polar surface area (TPSA) is 90.3 Å². The third-order valence-electron chi connectivity index (χ3n) is 4.94. The van der Waals surface area contributed by atoms with E-state index < -0.39 is 0 Å². The summed E-state index contributed by atoms with van der Waals surface area (Å²) in [6, 6.07) is 11.6. The van der Waals surface area contributed by atoms with Gasteiger partial charge in [-0.1, -0.05) is 29.5 Å². The van der Waals surface area contributed by atoms with E-state index in [4.69, 9.17) is 9.47 Å². The molecule has 0 saturated heterocycles. The lowest BCUT2D eigenvalue weighted by Gasteiger charge is -2.12. The number of ether oxygens (including phenoxy) is 2. The number of aromatic nitrogens is 3. The van der Waals surface area contributed by atoms with Gasteiger partial charge in [0.1, 0.15) is 11.5 Å². The number of rotatable bonds is 10. The number of amides is 1. The molecular formula is C23H29N5O3S. The van der Waals surface area contributed by atoms with Crippen LogP contribution in [0.5, 0.6) is 11.5 Å². The molecule has 0 unspecified atom stereocenters. The van der Waals surface area contributed by atoms with Crippen molar-refractivity contribution in [3.05, 3.63) is 53.3 Å². The van der Waals surface area contributed by atoms with Crippen molar-refractivity contribution in [2.24, 2.45) is 0 Å². The maximum atomic E-state index is 12.5. The van der Waals surface area contributed by atoms with E-state index in [0.717, 1.165) is 11.5 Å². The molecule has 0 spiro atoms. The van der Waals surface area contributed by atoms with Crippen molar-refractivity contribution in [3.8, 4) is 11.5 Å². The first-order valence-corrected chi connectivity index (χ1v) is 11.3. The number of nitrogens with one attached hydrogen (secondary N) is 2. The van der Waals surface area contributed by atoms with Crippen molar-refractivity contribution in [1.82, 2.24) is 14.8 Å². The van der Waals surface area contributed by atoms with Crippen LogP contribution in [0.15, 0.2) is 41.6 Å². The Kier molecular flexibility index (Phi) is 7.99. The van der Waals surface area contributed by atoms with E-state index in [-0.39, 0.29) is 11.7 Å². The highest BCUT2D eigenvalue weighted by Gasteiger charge is 2.15. The highest BCUT2D eigenvalue weighted by molar-refractivity contribution is 7.99. The molecule has 3 rings (SSSR count). The molecule has 0 bridgehead atoms. The normalized spacial score (nSPS) is 10.7. The summed E-state index contributed by atoms with van der Waals surface area (Å²) in [5, 5.41) is 15.6. The van der Waals surface area contributed by atoms with E-state index in [0.29, 0.717) is 35.4 Å². The third-order valence-corrected chi connectivity index (χ3v) is 5.91. The van der Waals surface area contributed by atoms with Crippen LogP contribution < -0.4 is 20.1 Å². The van der Waals surface area contributed by atoms with Crippen molar-refractivity contribution in [2.45, 2.75) is 39.0 Å². The van der Waals surface area contributed by atoms with Crippen LogP contribution in [0.3, 0.4) is 0 Å². The number of anilines is 2. The largest absolute Gasteiger partial charge is 0.497 e. The van der Waals surface area contributed by atoms with Crippen LogP contribution >= 0.6 is 11.8 Å². The van der Waals surface area contributed by atoms with Gasteiger partial charge in [-0.15, -0.1) is 10.2 Å². The Morgan fingerprint density at radius 3 is 2.53 bits per heavy atom. The molecule has 0 aliphatic heterocycles. The van der Waals surface area contributed by atoms with Crippen LogP contribution in [-0.4, -0.2) is 40.6 Å². The number of benzene rings is 2. The summed E-state index contributed by atoms with van der Waals surface area (Å²) in [5.74, 6) is 2.08. The van der Waals surface area contributed by atoms with E-state index >= 15 is 0 Å². The second kappa shape index (κ2) is 10.9. The third kappa shape index (κ3) is 5.73. The van der Waals surface area contributed by atoms with Gasteiger partial charge in [-0.25, -0.2) is 0 Å². The Morgan fingerprint density at radius 1 is 1.06 bits per heavy atom. The summed E-state index contributed by atoms with van der Waals surface area (Å²) in [7, 11) is 3.13. The summed E-state index contributed by atoms with van der Waals surface area (Å²) < 4.78 is 12.5. The van der Waals surface area contributed by atoms with Crippen molar-refractivity contribution in [1.29, 1.82) is 0 Å². The first-order valence-electron chi connectivity index (χ1n) is 10.3. The SMILES string of the molecule is CCn1c(CNc2ccc(C)cc2C)nnc1SCC(=O)Nc1ccc(OC)cc1OC. The van der Waals surface area contributed by atoms with Crippen LogP contribution in [-0.2, 0) is 17.9 Å². The minimum absolute atomic E-state index is 0.154. The van der Waals surface area contributed by atoms with Gasteiger partial charge < -0.3 is 24.7 Å². The standard InChI is InChI=1S/C23H29N5O3S/c1-6-28-21(13-24-18-9-7-15(2)11-16(18)3)26-27-23(28)32-14-22(29)25-19-10-8-17(30-4)12-20(19)31-5/h7-12,24H,6,13-14H2,1-5H3,(H,25,29). The Morgan fingerprint density at radius 2 is 1.84 bits per heavy atom. The second-order valence-electron chi connectivity index (χ2n) is 7.22. The second-order valence-corrected chi connectivity index (χ2v) is 8.16. The fourth-order valence-electron chi connectivity index (χ4n) is 3.28. The van der Waals surface area contributed by atoms with Crippen molar-refractivity contribution >= 4 is 29.0 Å². The molecule has 32 heavy (non-hydrogen) atoms. The number of hydrogen-bond acceptors (Lipinski definition) is 7. The molecule has 170 valence electrons. The summed E-state index contributed by atoms with van der Waals surface area (Å²) in [6.45, 7) is 7.47. The van der Waals surface area contributed by atoms with Gasteiger partial charge in [0.05, 0.1) is 32.2 Å². The van der Waals surface area contributed by atoms with Gasteiger partial charge in [-0.05, 0) is 44.5 Å². The lowest BCUT2D eigenvalue weighted by Crippen LogP contribution is -2.15. The van der Waals surface area contributed by atoms with E-state index in [2.05, 4.69) is 52.9 Å². The van der Waals surface area contributed by atoms with Crippen LogP contribution in [0.2, 0.25) is 0 Å². The minimum atomic E-state index is -0.154. The number of carbonyl (C=O) groups is 1. The molecule has 0 radical (unpaired) electrons. The fourth-order valence-corrected chi connectivity index (χ4v) is 4.10. The number of aryl methyl sites for hydroxylation is 2. The van der Waals surface area contributed by atoms with Gasteiger partial charge in [0.2, 0.25) is 5.91 Å². The highest BCUT2D eigenvalue weighted by Crippen LogP contribution is 2.29. The molecule has 0 aliphatic carbocycles. The minimum Gasteiger partial charge on any atom is -0.497 e. The van der Waals surface area contributed by atoms with E-state index in [1.165, 1.54) is 22.9 Å². The summed E-state index contributed by atoms with van der Waals surface area (Å²) in [4.78, 5) is 12.5. The molecular weight excluding hydrogens is 426 g/mol. The average Bonchev–Trinajstić information content (AvgIpc) is 3.19. The van der Waals surface area contributed by atoms with Crippen LogP contribution in [0.4, 0.5) is 11.4 Å². The van der Waals surface area contributed by atoms with Crippen LogP contribution in [0, 0.1) is 13.8 Å². The molecule has 0 fully saturated rings. The molecule has 9 heteroatoms. The molecule has 2 aromatic carbocycles. The zero-order valence-electron chi connectivity index (χ0n) is 19.1. The van der Waals surface area contributed by atoms with Crippen LogP contribution in [0.1, 0.15) is 23.9 Å². The molecule has 1 heterocycles. The number of carbonyl (C=O) groups excluding carboxylic acids is 1. The van der Waals surface area contributed by atoms with Gasteiger partial charge in [0, 0.05) is 18.3 Å². The molecule has 3 aromatic rings. The maximum Gasteiger partial charge on any atom is 0.234 e. The highest BCUT2D eigenvalue weighted by atomic mass is 32.2. The summed E-state index contributed by atoms with van der Waals surface area (Å²) >= 11 is 1.35. The summed E-state index contributed by atoms with van der Waals surface area (Å²) in [5.41, 5.74) is 4.08. The summed E-state index contributed by atoms with van der Waals surface area (Å²) in [6.07, 6.45) is 0. The molecule has 8 nitrogen and oxygen atoms in total. The molecule has 0 atom stereocenters. The van der Waals surface area contributed by atoms with E-state index in [1.54, 1.807) is 32.4 Å². The lowest BCUT2D eigenvalue weighted by atomic mass is 10.1. The van der Waals surface area contributed by atoms with E-state index in [9.17, 15) is 4.79 Å². The molecule has 1 amide bonds. The van der Waals surface area contributed by atoms with Crippen molar-refractivity contribution < 1.29 is 14.3 Å². The molecule has 0 saturated carbocycles. The average molecular weight is 456 g/mol. The Bertz CT molecular complexity index is 1080. The van der Waals surface area contributed by atoms with Crippen LogP contribution in [0.25, 0.3) is 0 Å². The molecule has 1 aromatic heterocycles. The monoisotopic (exact) mass is 455 g/mol. The fraction of sp³-hybridized carbons (Fsp3) is 0.348. The number of methoxy groups -OCH3 is 2. The Balaban J connectivity index is 1.61. The first-order chi connectivity index (χ1) is 15.4. The zero-order valence-corrected chi connectivity index (χ0v) is 19.9. The Hall–Kier alpha value is -3.20. The Labute approximate surface area is 192 Å². The van der Waals surface area contributed by atoms with Crippen molar-refractivity contribution in [2.75, 3.05) is 30.6 Å². The lowest BCUT2D eigenvalue weighted by molar-refractivity contribution is -0.113. The van der Waals surface area contributed by atoms with Gasteiger partial charge in [-0.2, -0.15) is 0 Å². The quantitative estimate of drug-likeness (QED) is 0.441. The predicted molar refractivity (Wildman–Crippen MR) is 128 cm³/mol. The van der Waals surface area contributed by atoms with Gasteiger partial charge in [0.15, 0.2) is 11.0 Å². The van der Waals surface area contributed by atoms with E-state index in [1.807, 2.05) is 11.5 Å².